The molecule has 4 atom stereocenters. The fourth-order valence-corrected chi connectivity index (χ4v) is 5.94. The summed E-state index contributed by atoms with van der Waals surface area (Å²) in [4.78, 5) is 14.2. The fourth-order valence-electron chi connectivity index (χ4n) is 5.94. The van der Waals surface area contributed by atoms with Gasteiger partial charge >= 0.3 is 0 Å². The molecular weight excluding hydrogens is 324 g/mol. The summed E-state index contributed by atoms with van der Waals surface area (Å²) in [6.07, 6.45) is 12.4. The summed E-state index contributed by atoms with van der Waals surface area (Å²) in [6, 6.07) is 1.04. The molecule has 4 rings (SSSR count). The Labute approximate surface area is 158 Å². The first-order valence-corrected chi connectivity index (χ1v) is 10.9. The molecule has 0 bridgehead atoms. The second-order valence-corrected chi connectivity index (χ2v) is 8.87. The highest BCUT2D eigenvalue weighted by atomic mass is 16.2. The number of fused-ring (bicyclic) bond motifs is 1. The van der Waals surface area contributed by atoms with Crippen LogP contribution in [0.25, 0.3) is 0 Å². The average molecular weight is 361 g/mol. The molecule has 1 aliphatic carbocycles. The minimum Gasteiger partial charge on any atom is -0.338 e. The molecule has 26 heavy (non-hydrogen) atoms. The van der Waals surface area contributed by atoms with E-state index in [1.807, 2.05) is 4.90 Å². The maximum Gasteiger partial charge on any atom is 0.246 e. The zero-order valence-electron chi connectivity index (χ0n) is 16.1. The Hall–Kier alpha value is -0.910. The molecule has 3 N–H and O–H groups in total. The van der Waals surface area contributed by atoms with Crippen LogP contribution < -0.4 is 16.0 Å². The molecule has 1 saturated carbocycles. The number of nitrogens with one attached hydrogen (secondary N) is 3. The van der Waals surface area contributed by atoms with Crippen LogP contribution in [-0.2, 0) is 4.79 Å². The first kappa shape index (κ1) is 18.5. The van der Waals surface area contributed by atoms with E-state index in [0.29, 0.717) is 24.2 Å². The van der Waals surface area contributed by atoms with Crippen LogP contribution in [0.5, 0.6) is 0 Å². The molecule has 4 fully saturated rings. The Morgan fingerprint density at radius 2 is 1.73 bits per heavy atom. The van der Waals surface area contributed by atoms with Gasteiger partial charge in [-0.05, 0) is 69.0 Å². The molecule has 0 radical (unpaired) electrons. The van der Waals surface area contributed by atoms with E-state index in [4.69, 9.17) is 0 Å². The van der Waals surface area contributed by atoms with Gasteiger partial charge in [-0.15, -0.1) is 0 Å². The first-order chi connectivity index (χ1) is 12.8. The zero-order valence-corrected chi connectivity index (χ0v) is 16.1. The van der Waals surface area contributed by atoms with Crippen LogP contribution in [0.15, 0.2) is 12.7 Å². The molecule has 5 nitrogen and oxygen atoms in total. The van der Waals surface area contributed by atoms with Crippen LogP contribution in [0.4, 0.5) is 0 Å². The van der Waals surface area contributed by atoms with E-state index in [9.17, 15) is 4.79 Å². The highest BCUT2D eigenvalue weighted by Gasteiger charge is 2.45. The van der Waals surface area contributed by atoms with Gasteiger partial charge in [0.05, 0.1) is 6.17 Å². The number of carbonyl (C=O) groups excluding carboxylic acids is 1. The lowest BCUT2D eigenvalue weighted by atomic mass is 9.73. The SMILES string of the molecule is C=CC(=O)N1CCC2C(C1)NC(C1CCCCC1)NC2C1CCNCC1. The maximum absolute atomic E-state index is 12.2. The Bertz CT molecular complexity index is 498. The Morgan fingerprint density at radius 1 is 0.962 bits per heavy atom. The molecule has 0 aromatic carbocycles. The quantitative estimate of drug-likeness (QED) is 0.673. The van der Waals surface area contributed by atoms with Crippen LogP contribution in [0.1, 0.15) is 51.4 Å². The van der Waals surface area contributed by atoms with Crippen LogP contribution >= 0.6 is 0 Å². The second kappa shape index (κ2) is 8.41. The minimum absolute atomic E-state index is 0.0939. The maximum atomic E-state index is 12.2. The molecule has 4 unspecified atom stereocenters. The standard InChI is InChI=1S/C21H36N4O/c1-2-19(26)25-13-10-17-18(14-25)23-21(16-6-4-3-5-7-16)24-20(17)15-8-11-22-12-9-15/h2,15-18,20-24H,1,3-14H2. The van der Waals surface area contributed by atoms with E-state index in [2.05, 4.69) is 22.5 Å². The normalized spacial score (nSPS) is 37.2. The molecule has 5 heteroatoms. The summed E-state index contributed by atoms with van der Waals surface area (Å²) < 4.78 is 0. The van der Waals surface area contributed by atoms with Gasteiger partial charge in [0, 0.05) is 25.2 Å². The molecular formula is C21H36N4O. The number of piperidine rings is 2. The second-order valence-electron chi connectivity index (χ2n) is 8.87. The Morgan fingerprint density at radius 3 is 2.46 bits per heavy atom. The summed E-state index contributed by atoms with van der Waals surface area (Å²) in [5.74, 6) is 2.27. The summed E-state index contributed by atoms with van der Waals surface area (Å²) in [5, 5.41) is 11.6. The average Bonchev–Trinajstić information content (AvgIpc) is 2.73. The smallest absolute Gasteiger partial charge is 0.246 e. The third-order valence-electron chi connectivity index (χ3n) is 7.39. The van der Waals surface area contributed by atoms with E-state index in [1.54, 1.807) is 0 Å². The van der Waals surface area contributed by atoms with Crippen LogP contribution in [0, 0.1) is 17.8 Å². The van der Waals surface area contributed by atoms with E-state index >= 15 is 0 Å². The summed E-state index contributed by atoms with van der Waals surface area (Å²) in [6.45, 7) is 7.73. The van der Waals surface area contributed by atoms with Crippen molar-refractivity contribution >= 4 is 5.91 Å². The van der Waals surface area contributed by atoms with Crippen molar-refractivity contribution in [2.75, 3.05) is 26.2 Å². The van der Waals surface area contributed by atoms with E-state index < -0.39 is 0 Å². The summed E-state index contributed by atoms with van der Waals surface area (Å²) in [5.41, 5.74) is 0. The van der Waals surface area contributed by atoms with Gasteiger partial charge in [0.25, 0.3) is 0 Å². The van der Waals surface area contributed by atoms with Crippen LogP contribution in [0.2, 0.25) is 0 Å². The van der Waals surface area contributed by atoms with Crippen LogP contribution in [0.3, 0.4) is 0 Å². The van der Waals surface area contributed by atoms with Crippen LogP contribution in [-0.4, -0.2) is 55.2 Å². The topological polar surface area (TPSA) is 56.4 Å². The molecule has 0 aromatic rings. The number of hydrogen-bond donors (Lipinski definition) is 3. The highest BCUT2D eigenvalue weighted by molar-refractivity contribution is 5.87. The van der Waals surface area contributed by atoms with Gasteiger partial charge < -0.3 is 10.2 Å². The monoisotopic (exact) mass is 360 g/mol. The molecule has 3 heterocycles. The number of rotatable bonds is 3. The summed E-state index contributed by atoms with van der Waals surface area (Å²) in [7, 11) is 0. The van der Waals surface area contributed by atoms with Gasteiger partial charge in [0.1, 0.15) is 0 Å². The van der Waals surface area contributed by atoms with Crippen molar-refractivity contribution in [1.82, 2.24) is 20.9 Å². The Balaban J connectivity index is 1.50. The lowest BCUT2D eigenvalue weighted by molar-refractivity contribution is -0.129. The number of carbonyl (C=O) groups is 1. The predicted molar refractivity (Wildman–Crippen MR) is 105 cm³/mol. The zero-order chi connectivity index (χ0) is 17.9. The van der Waals surface area contributed by atoms with Gasteiger partial charge in [-0.3, -0.25) is 15.4 Å². The highest BCUT2D eigenvalue weighted by Crippen LogP contribution is 2.35. The van der Waals surface area contributed by atoms with E-state index in [1.165, 1.54) is 51.0 Å². The third-order valence-corrected chi connectivity index (χ3v) is 7.39. The number of likely N-dealkylation sites (tertiary alicyclic amines) is 1. The molecule has 0 spiro atoms. The van der Waals surface area contributed by atoms with Crippen molar-refractivity contribution in [3.63, 3.8) is 0 Å². The largest absolute Gasteiger partial charge is 0.338 e. The van der Waals surface area contributed by atoms with E-state index in [-0.39, 0.29) is 5.91 Å². The lowest BCUT2D eigenvalue weighted by Crippen LogP contribution is -2.71. The van der Waals surface area contributed by atoms with Crippen molar-refractivity contribution < 1.29 is 4.79 Å². The number of hydrogen-bond acceptors (Lipinski definition) is 4. The van der Waals surface area contributed by atoms with Crippen molar-refractivity contribution in [3.05, 3.63) is 12.7 Å². The van der Waals surface area contributed by atoms with Gasteiger partial charge in [-0.25, -0.2) is 0 Å². The molecule has 3 saturated heterocycles. The van der Waals surface area contributed by atoms with Gasteiger partial charge in [0.2, 0.25) is 5.91 Å². The Kier molecular flexibility index (Phi) is 5.97. The molecule has 146 valence electrons. The van der Waals surface area contributed by atoms with E-state index in [0.717, 1.165) is 44.4 Å². The van der Waals surface area contributed by atoms with Crippen molar-refractivity contribution in [1.29, 1.82) is 0 Å². The van der Waals surface area contributed by atoms with Gasteiger partial charge in [-0.2, -0.15) is 0 Å². The van der Waals surface area contributed by atoms with Gasteiger partial charge in [-0.1, -0.05) is 25.8 Å². The molecule has 4 aliphatic rings. The summed E-state index contributed by atoms with van der Waals surface area (Å²) >= 11 is 0. The van der Waals surface area contributed by atoms with Gasteiger partial charge in [0.15, 0.2) is 0 Å². The lowest BCUT2D eigenvalue weighted by Gasteiger charge is -2.53. The molecule has 3 aliphatic heterocycles. The van der Waals surface area contributed by atoms with Crippen molar-refractivity contribution in [2.24, 2.45) is 17.8 Å². The minimum atomic E-state index is 0.0939. The number of amides is 1. The van der Waals surface area contributed by atoms with Crippen molar-refractivity contribution in [3.8, 4) is 0 Å². The number of nitrogens with zero attached hydrogens (tertiary/aromatic N) is 1. The fraction of sp³-hybridized carbons (Fsp3) is 0.857. The molecule has 1 amide bonds. The third kappa shape index (κ3) is 3.85. The first-order valence-electron chi connectivity index (χ1n) is 10.9. The van der Waals surface area contributed by atoms with Crippen molar-refractivity contribution in [2.45, 2.75) is 69.6 Å². The molecule has 0 aromatic heterocycles. The predicted octanol–water partition coefficient (Wildman–Crippen LogP) is 1.86.